The Balaban J connectivity index is 1.51. The van der Waals surface area contributed by atoms with Crippen LogP contribution >= 0.6 is 0 Å². The molecule has 0 aliphatic heterocycles. The Labute approximate surface area is 201 Å². The number of nitrogens with zero attached hydrogens (tertiary/aromatic N) is 7. The monoisotopic (exact) mass is 478 g/mol. The van der Waals surface area contributed by atoms with Crippen molar-refractivity contribution in [3.05, 3.63) is 52.6 Å². The topological polar surface area (TPSA) is 135 Å². The van der Waals surface area contributed by atoms with Gasteiger partial charge in [0.25, 0.3) is 5.69 Å². The van der Waals surface area contributed by atoms with Crippen LogP contribution in [-0.2, 0) is 4.74 Å². The maximum atomic E-state index is 11.0. The number of nitrogens with one attached hydrogen (secondary N) is 1. The van der Waals surface area contributed by atoms with Gasteiger partial charge in [-0.05, 0) is 51.7 Å². The molecule has 5 rings (SSSR count). The summed E-state index contributed by atoms with van der Waals surface area (Å²) in [7, 11) is 0. The van der Waals surface area contributed by atoms with Crippen LogP contribution in [0.25, 0.3) is 16.9 Å². The first kappa shape index (κ1) is 22.7. The van der Waals surface area contributed by atoms with Gasteiger partial charge in [0.15, 0.2) is 5.75 Å². The minimum Gasteiger partial charge on any atom is -0.484 e. The van der Waals surface area contributed by atoms with E-state index in [1.54, 1.807) is 34.7 Å². The highest BCUT2D eigenvalue weighted by Crippen LogP contribution is 2.36. The molecule has 1 fully saturated rings. The molecule has 1 aliphatic carbocycles. The van der Waals surface area contributed by atoms with Crippen LogP contribution in [0, 0.1) is 17.0 Å². The van der Waals surface area contributed by atoms with Gasteiger partial charge in [0.2, 0.25) is 11.6 Å². The molecule has 12 heteroatoms. The Morgan fingerprint density at radius 3 is 2.86 bits per heavy atom. The first-order valence-corrected chi connectivity index (χ1v) is 11.5. The minimum atomic E-state index is -0.422. The molecule has 1 saturated carbocycles. The molecular formula is C23H26N8O4. The van der Waals surface area contributed by atoms with Gasteiger partial charge in [-0.2, -0.15) is 14.6 Å². The van der Waals surface area contributed by atoms with Gasteiger partial charge in [0.1, 0.15) is 18.2 Å². The van der Waals surface area contributed by atoms with Crippen molar-refractivity contribution in [2.45, 2.75) is 52.4 Å². The third kappa shape index (κ3) is 4.52. The summed E-state index contributed by atoms with van der Waals surface area (Å²) in [6, 6.07) is 4.59. The number of anilines is 2. The van der Waals surface area contributed by atoms with Gasteiger partial charge < -0.3 is 14.8 Å². The molecule has 0 bridgehead atoms. The van der Waals surface area contributed by atoms with Crippen LogP contribution in [0.5, 0.6) is 5.75 Å². The molecule has 12 nitrogen and oxygen atoms in total. The standard InChI is InChI=1S/C23H26N8O4/c1-4-34-15(3)29-12-16(11-25-29)20-21(35-18-6-5-7-18)22-27-23(28-30(22)13-24-20)26-19-9-8-17(31(32)33)10-14(19)2/h8-13,15,18H,4-7H2,1-3H3,(H,26,28). The number of nitro benzene ring substituents is 1. The van der Waals surface area contributed by atoms with Crippen LogP contribution in [0.1, 0.15) is 44.9 Å². The van der Waals surface area contributed by atoms with E-state index in [1.165, 1.54) is 12.1 Å². The van der Waals surface area contributed by atoms with Crippen LogP contribution < -0.4 is 10.1 Å². The lowest BCUT2D eigenvalue weighted by molar-refractivity contribution is -0.384. The zero-order valence-corrected chi connectivity index (χ0v) is 19.7. The van der Waals surface area contributed by atoms with Crippen molar-refractivity contribution >= 4 is 23.0 Å². The van der Waals surface area contributed by atoms with Gasteiger partial charge >= 0.3 is 0 Å². The zero-order valence-electron chi connectivity index (χ0n) is 19.7. The normalized spacial score (nSPS) is 14.6. The lowest BCUT2D eigenvalue weighted by Crippen LogP contribution is -2.25. The maximum absolute atomic E-state index is 11.0. The summed E-state index contributed by atoms with van der Waals surface area (Å²) < 4.78 is 15.3. The van der Waals surface area contributed by atoms with Gasteiger partial charge in [-0.25, -0.2) is 9.67 Å². The van der Waals surface area contributed by atoms with Crippen LogP contribution in [0.3, 0.4) is 0 Å². The van der Waals surface area contributed by atoms with E-state index in [9.17, 15) is 10.1 Å². The molecule has 4 aromatic rings. The third-order valence-electron chi connectivity index (χ3n) is 6.00. The van der Waals surface area contributed by atoms with E-state index in [-0.39, 0.29) is 18.0 Å². The number of aryl methyl sites for hydroxylation is 1. The first-order chi connectivity index (χ1) is 16.9. The van der Waals surface area contributed by atoms with Crippen molar-refractivity contribution in [2.24, 2.45) is 0 Å². The number of fused-ring (bicyclic) bond motifs is 1. The third-order valence-corrected chi connectivity index (χ3v) is 6.00. The number of aromatic nitrogens is 6. The predicted octanol–water partition coefficient (Wildman–Crippen LogP) is 4.43. The van der Waals surface area contributed by atoms with E-state index in [1.807, 2.05) is 20.0 Å². The number of rotatable bonds is 9. The zero-order chi connectivity index (χ0) is 24.5. The second-order valence-corrected chi connectivity index (χ2v) is 8.44. The molecule has 35 heavy (non-hydrogen) atoms. The molecule has 0 amide bonds. The molecule has 1 N–H and O–H groups in total. The summed E-state index contributed by atoms with van der Waals surface area (Å²) in [5, 5.41) is 23.1. The summed E-state index contributed by atoms with van der Waals surface area (Å²) in [6.07, 6.45) is 8.17. The minimum absolute atomic E-state index is 0.0280. The molecule has 182 valence electrons. The number of nitro groups is 1. The SMILES string of the molecule is CCOC(C)n1cc(-c2ncn3nc(Nc4ccc([N+](=O)[O-])cc4C)nc3c2OC2CCC2)cn1. The second-order valence-electron chi connectivity index (χ2n) is 8.44. The van der Waals surface area contributed by atoms with Crippen molar-refractivity contribution in [1.29, 1.82) is 0 Å². The Kier molecular flexibility index (Phi) is 6.03. The van der Waals surface area contributed by atoms with E-state index in [0.717, 1.165) is 24.8 Å². The lowest BCUT2D eigenvalue weighted by Gasteiger charge is -2.27. The summed E-state index contributed by atoms with van der Waals surface area (Å²) in [4.78, 5) is 19.9. The van der Waals surface area contributed by atoms with Crippen LogP contribution in [-0.4, -0.2) is 47.0 Å². The average molecular weight is 479 g/mol. The highest BCUT2D eigenvalue weighted by Gasteiger charge is 2.25. The molecule has 1 unspecified atom stereocenters. The molecule has 0 radical (unpaired) electrons. The largest absolute Gasteiger partial charge is 0.484 e. The molecule has 0 saturated heterocycles. The summed E-state index contributed by atoms with van der Waals surface area (Å²) in [5.74, 6) is 0.877. The lowest BCUT2D eigenvalue weighted by atomic mass is 9.96. The van der Waals surface area contributed by atoms with Gasteiger partial charge in [-0.1, -0.05) is 0 Å². The molecule has 3 heterocycles. The summed E-state index contributed by atoms with van der Waals surface area (Å²) in [5.41, 5.74) is 3.35. The molecule has 3 aromatic heterocycles. The van der Waals surface area contributed by atoms with Crippen molar-refractivity contribution in [3.63, 3.8) is 0 Å². The highest BCUT2D eigenvalue weighted by molar-refractivity contribution is 5.74. The van der Waals surface area contributed by atoms with E-state index in [4.69, 9.17) is 9.47 Å². The molecule has 1 aromatic carbocycles. The van der Waals surface area contributed by atoms with Gasteiger partial charge in [-0.15, -0.1) is 5.10 Å². The van der Waals surface area contributed by atoms with E-state index < -0.39 is 4.92 Å². The smallest absolute Gasteiger partial charge is 0.269 e. The number of benzene rings is 1. The van der Waals surface area contributed by atoms with Gasteiger partial charge in [0.05, 0.1) is 17.2 Å². The Morgan fingerprint density at radius 1 is 1.34 bits per heavy atom. The van der Waals surface area contributed by atoms with E-state index >= 15 is 0 Å². The molecule has 0 spiro atoms. The highest BCUT2D eigenvalue weighted by atomic mass is 16.6. The average Bonchev–Trinajstić information content (AvgIpc) is 3.44. The summed E-state index contributed by atoms with van der Waals surface area (Å²) >= 11 is 0. The number of hydrogen-bond acceptors (Lipinski definition) is 9. The van der Waals surface area contributed by atoms with Crippen LogP contribution in [0.2, 0.25) is 0 Å². The fraction of sp³-hybridized carbons (Fsp3) is 0.391. The fourth-order valence-electron chi connectivity index (χ4n) is 3.86. The number of hydrogen-bond donors (Lipinski definition) is 1. The molecular weight excluding hydrogens is 452 g/mol. The van der Waals surface area contributed by atoms with Crippen LogP contribution in [0.15, 0.2) is 36.9 Å². The fourth-order valence-corrected chi connectivity index (χ4v) is 3.86. The Morgan fingerprint density at radius 2 is 2.17 bits per heavy atom. The predicted molar refractivity (Wildman–Crippen MR) is 128 cm³/mol. The van der Waals surface area contributed by atoms with E-state index in [0.29, 0.717) is 40.9 Å². The van der Waals surface area contributed by atoms with Crippen molar-refractivity contribution in [3.8, 4) is 17.0 Å². The number of non-ortho nitro benzene ring substituents is 1. The quantitative estimate of drug-likeness (QED) is 0.274. The van der Waals surface area contributed by atoms with Gasteiger partial charge in [-0.3, -0.25) is 10.1 Å². The van der Waals surface area contributed by atoms with Crippen molar-refractivity contribution in [2.75, 3.05) is 11.9 Å². The first-order valence-electron chi connectivity index (χ1n) is 11.5. The second kappa shape index (κ2) is 9.29. The molecule has 1 atom stereocenters. The van der Waals surface area contributed by atoms with Gasteiger partial charge in [0, 0.05) is 36.2 Å². The van der Waals surface area contributed by atoms with Crippen molar-refractivity contribution in [1.82, 2.24) is 29.4 Å². The summed E-state index contributed by atoms with van der Waals surface area (Å²) in [6.45, 7) is 6.24. The number of ether oxygens (including phenoxy) is 2. The Hall–Kier alpha value is -4.06. The van der Waals surface area contributed by atoms with Crippen molar-refractivity contribution < 1.29 is 14.4 Å². The van der Waals surface area contributed by atoms with E-state index in [2.05, 4.69) is 25.5 Å². The van der Waals surface area contributed by atoms with Crippen LogP contribution in [0.4, 0.5) is 17.3 Å². The molecule has 1 aliphatic rings. The Bertz CT molecular complexity index is 1380. The maximum Gasteiger partial charge on any atom is 0.269 e.